The van der Waals surface area contributed by atoms with E-state index in [9.17, 15) is 9.59 Å². The molecule has 0 aliphatic heterocycles. The molecule has 3 nitrogen and oxygen atoms in total. The largest absolute Gasteiger partial charge is 0.462 e. The van der Waals surface area contributed by atoms with E-state index in [1.54, 1.807) is 6.92 Å². The van der Waals surface area contributed by atoms with E-state index < -0.39 is 11.3 Å². The Hall–Kier alpha value is -0.570. The smallest absolute Gasteiger partial charge is 0.306 e. The summed E-state index contributed by atoms with van der Waals surface area (Å²) in [4.78, 5) is 21.2. The Kier molecular flexibility index (Phi) is 5.72. The minimum Gasteiger partial charge on any atom is -0.462 e. The Morgan fingerprint density at radius 3 is 2.50 bits per heavy atom. The molecule has 0 rings (SSSR count). The Morgan fingerprint density at radius 1 is 1.50 bits per heavy atom. The number of esters is 1. The summed E-state index contributed by atoms with van der Waals surface area (Å²) in [6, 6.07) is 0. The monoisotopic (exact) mass is 192 g/mol. The molecule has 0 fully saturated rings. The van der Waals surface area contributed by atoms with Crippen LogP contribution in [0.3, 0.4) is 0 Å². The van der Waals surface area contributed by atoms with Crippen LogP contribution in [-0.4, -0.2) is 17.3 Å². The lowest BCUT2D eigenvalue weighted by Gasteiger charge is -2.09. The number of halogens is 1. The van der Waals surface area contributed by atoms with Crippen molar-refractivity contribution in [2.45, 2.75) is 39.2 Å². The molecule has 0 aromatic rings. The number of carbonyl (C=O) groups is 2. The van der Waals surface area contributed by atoms with Crippen LogP contribution in [-0.2, 0) is 14.3 Å². The van der Waals surface area contributed by atoms with Crippen molar-refractivity contribution in [3.63, 3.8) is 0 Å². The van der Waals surface area contributed by atoms with Gasteiger partial charge in [-0.2, -0.15) is 0 Å². The standard InChI is InChI=1S/C8H13ClO3/c1-3-4-8(11)12-6(2)5-7(9)10/h6H,3-5H2,1-2H3. The lowest BCUT2D eigenvalue weighted by molar-refractivity contribution is -0.148. The fourth-order valence-corrected chi connectivity index (χ4v) is 0.972. The highest BCUT2D eigenvalue weighted by molar-refractivity contribution is 6.63. The van der Waals surface area contributed by atoms with Crippen LogP contribution < -0.4 is 0 Å². The van der Waals surface area contributed by atoms with Crippen molar-refractivity contribution in [1.82, 2.24) is 0 Å². The second kappa shape index (κ2) is 6.00. The molecule has 0 aromatic carbocycles. The average Bonchev–Trinajstić information content (AvgIpc) is 1.84. The Morgan fingerprint density at radius 2 is 2.08 bits per heavy atom. The van der Waals surface area contributed by atoms with Gasteiger partial charge in [-0.15, -0.1) is 0 Å². The zero-order chi connectivity index (χ0) is 9.56. The van der Waals surface area contributed by atoms with Gasteiger partial charge in [-0.1, -0.05) is 6.92 Å². The minimum absolute atomic E-state index is 0.0804. The number of carbonyl (C=O) groups excluding carboxylic acids is 2. The molecule has 0 aliphatic rings. The number of hydrogen-bond acceptors (Lipinski definition) is 3. The van der Waals surface area contributed by atoms with Gasteiger partial charge in [-0.05, 0) is 24.9 Å². The van der Waals surface area contributed by atoms with E-state index in [4.69, 9.17) is 16.3 Å². The van der Waals surface area contributed by atoms with E-state index >= 15 is 0 Å². The fraction of sp³-hybridized carbons (Fsp3) is 0.750. The molecule has 4 heteroatoms. The first kappa shape index (κ1) is 11.4. The number of rotatable bonds is 5. The summed E-state index contributed by atoms with van der Waals surface area (Å²) < 4.78 is 4.86. The van der Waals surface area contributed by atoms with E-state index in [-0.39, 0.29) is 12.4 Å². The van der Waals surface area contributed by atoms with Crippen molar-refractivity contribution in [2.24, 2.45) is 0 Å². The van der Waals surface area contributed by atoms with Gasteiger partial charge in [-0.25, -0.2) is 0 Å². The molecule has 1 atom stereocenters. The van der Waals surface area contributed by atoms with Gasteiger partial charge in [0, 0.05) is 6.42 Å². The van der Waals surface area contributed by atoms with Crippen LogP contribution in [0.15, 0.2) is 0 Å². The zero-order valence-corrected chi connectivity index (χ0v) is 8.06. The summed E-state index contributed by atoms with van der Waals surface area (Å²) in [6.07, 6.45) is 0.812. The molecular weight excluding hydrogens is 180 g/mol. The quantitative estimate of drug-likeness (QED) is 0.494. The van der Waals surface area contributed by atoms with E-state index in [0.717, 1.165) is 6.42 Å². The summed E-state index contributed by atoms with van der Waals surface area (Å²) in [5.41, 5.74) is 0. The second-order valence-corrected chi connectivity index (χ2v) is 3.03. The van der Waals surface area contributed by atoms with Crippen molar-refractivity contribution in [3.05, 3.63) is 0 Å². The van der Waals surface area contributed by atoms with Crippen molar-refractivity contribution < 1.29 is 14.3 Å². The van der Waals surface area contributed by atoms with E-state index in [2.05, 4.69) is 0 Å². The molecule has 0 saturated heterocycles. The topological polar surface area (TPSA) is 43.4 Å². The van der Waals surface area contributed by atoms with Crippen LogP contribution in [0.25, 0.3) is 0 Å². The predicted octanol–water partition coefficient (Wildman–Crippen LogP) is 1.87. The van der Waals surface area contributed by atoms with Crippen LogP contribution >= 0.6 is 11.6 Å². The highest BCUT2D eigenvalue weighted by Crippen LogP contribution is 2.03. The van der Waals surface area contributed by atoms with Gasteiger partial charge in [0.25, 0.3) is 0 Å². The Labute approximate surface area is 77.0 Å². The van der Waals surface area contributed by atoms with Gasteiger partial charge in [0.1, 0.15) is 6.10 Å². The molecule has 0 heterocycles. The molecule has 0 aromatic heterocycles. The first-order valence-electron chi connectivity index (χ1n) is 3.94. The second-order valence-electron chi connectivity index (χ2n) is 2.61. The molecule has 0 amide bonds. The van der Waals surface area contributed by atoms with Crippen LogP contribution in [0.4, 0.5) is 0 Å². The first-order valence-corrected chi connectivity index (χ1v) is 4.31. The van der Waals surface area contributed by atoms with Crippen molar-refractivity contribution >= 4 is 22.8 Å². The number of hydrogen-bond donors (Lipinski definition) is 0. The minimum atomic E-state index is -0.480. The van der Waals surface area contributed by atoms with E-state index in [0.29, 0.717) is 6.42 Å². The van der Waals surface area contributed by atoms with Crippen molar-refractivity contribution in [1.29, 1.82) is 0 Å². The molecule has 1 unspecified atom stereocenters. The summed E-state index contributed by atoms with van der Waals surface area (Å²) in [5.74, 6) is -0.275. The zero-order valence-electron chi connectivity index (χ0n) is 7.30. The maximum Gasteiger partial charge on any atom is 0.306 e. The van der Waals surface area contributed by atoms with Gasteiger partial charge >= 0.3 is 5.97 Å². The molecular formula is C8H13ClO3. The Bertz CT molecular complexity index is 168. The van der Waals surface area contributed by atoms with Gasteiger partial charge in [0.2, 0.25) is 5.24 Å². The van der Waals surface area contributed by atoms with Gasteiger partial charge in [0.05, 0.1) is 6.42 Å². The SMILES string of the molecule is CCCC(=O)OC(C)CC(=O)Cl. The third-order valence-electron chi connectivity index (χ3n) is 1.23. The van der Waals surface area contributed by atoms with Crippen molar-refractivity contribution in [2.75, 3.05) is 0 Å². The maximum absolute atomic E-state index is 10.9. The highest BCUT2D eigenvalue weighted by Gasteiger charge is 2.11. The molecule has 12 heavy (non-hydrogen) atoms. The maximum atomic E-state index is 10.9. The summed E-state index contributed by atoms with van der Waals surface area (Å²) in [7, 11) is 0. The summed E-state index contributed by atoms with van der Waals surface area (Å²) in [5, 5.41) is -0.480. The van der Waals surface area contributed by atoms with Crippen LogP contribution in [0.5, 0.6) is 0 Å². The average molecular weight is 193 g/mol. The molecule has 0 bridgehead atoms. The van der Waals surface area contributed by atoms with Gasteiger partial charge < -0.3 is 4.74 Å². The van der Waals surface area contributed by atoms with Crippen molar-refractivity contribution in [3.8, 4) is 0 Å². The summed E-state index contributed by atoms with van der Waals surface area (Å²) in [6.45, 7) is 3.53. The summed E-state index contributed by atoms with van der Waals surface area (Å²) >= 11 is 5.10. The number of ether oxygens (including phenoxy) is 1. The fourth-order valence-electron chi connectivity index (χ4n) is 0.755. The van der Waals surface area contributed by atoms with Gasteiger partial charge in [0.15, 0.2) is 0 Å². The molecule has 0 spiro atoms. The van der Waals surface area contributed by atoms with Crippen LogP contribution in [0, 0.1) is 0 Å². The molecule has 0 saturated carbocycles. The lowest BCUT2D eigenvalue weighted by Crippen LogP contribution is -2.16. The van der Waals surface area contributed by atoms with E-state index in [1.165, 1.54) is 0 Å². The van der Waals surface area contributed by atoms with Crippen LogP contribution in [0.1, 0.15) is 33.1 Å². The lowest BCUT2D eigenvalue weighted by atomic mass is 10.3. The van der Waals surface area contributed by atoms with E-state index in [1.807, 2.05) is 6.92 Å². The first-order chi connectivity index (χ1) is 5.56. The van der Waals surface area contributed by atoms with Crippen LogP contribution in [0.2, 0.25) is 0 Å². The molecule has 0 aliphatic carbocycles. The van der Waals surface area contributed by atoms with Gasteiger partial charge in [-0.3, -0.25) is 9.59 Å². The Balaban J connectivity index is 3.61. The molecule has 70 valence electrons. The third kappa shape index (κ3) is 6.16. The molecule has 0 N–H and O–H groups in total. The highest BCUT2D eigenvalue weighted by atomic mass is 35.5. The third-order valence-corrected chi connectivity index (χ3v) is 1.39. The predicted molar refractivity (Wildman–Crippen MR) is 45.9 cm³/mol. The normalized spacial score (nSPS) is 12.2. The molecule has 0 radical (unpaired) electrons.